The molecule has 0 aliphatic heterocycles. The third-order valence-electron chi connectivity index (χ3n) is 2.51. The Morgan fingerprint density at radius 1 is 1.44 bits per heavy atom. The van der Waals surface area contributed by atoms with Gasteiger partial charge in [0.15, 0.2) is 11.6 Å². The van der Waals surface area contributed by atoms with Gasteiger partial charge >= 0.3 is 0 Å². The maximum absolute atomic E-state index is 13.0. The number of halogens is 3. The molecule has 0 bridgehead atoms. The van der Waals surface area contributed by atoms with Gasteiger partial charge in [0.05, 0.1) is 11.4 Å². The summed E-state index contributed by atoms with van der Waals surface area (Å²) in [5.41, 5.74) is 0.565. The summed E-state index contributed by atoms with van der Waals surface area (Å²) in [6.45, 7) is 1.76. The van der Waals surface area contributed by atoms with Crippen molar-refractivity contribution in [2.24, 2.45) is 0 Å². The van der Waals surface area contributed by atoms with Gasteiger partial charge in [-0.1, -0.05) is 22.0 Å². The van der Waals surface area contributed by atoms with E-state index in [1.807, 2.05) is 0 Å². The predicted octanol–water partition coefficient (Wildman–Crippen LogP) is 2.88. The molecule has 0 saturated carbocycles. The lowest BCUT2D eigenvalue weighted by Crippen LogP contribution is -2.30. The fourth-order valence-corrected chi connectivity index (χ4v) is 1.70. The summed E-state index contributed by atoms with van der Waals surface area (Å²) in [6.07, 6.45) is 0. The third kappa shape index (κ3) is 2.78. The normalized spacial score (nSPS) is 12.3. The Morgan fingerprint density at radius 3 is 2.56 bits per heavy atom. The second kappa shape index (κ2) is 5.39. The minimum Gasteiger partial charge on any atom is -0.338 e. The van der Waals surface area contributed by atoms with Crippen LogP contribution >= 0.6 is 15.9 Å². The SMILES string of the molecule is CC(c1ccc(F)c(F)c1)N(C)C(=O)CBr. The van der Waals surface area contributed by atoms with E-state index in [0.717, 1.165) is 12.1 Å². The van der Waals surface area contributed by atoms with E-state index < -0.39 is 11.6 Å². The first kappa shape index (κ1) is 13.1. The van der Waals surface area contributed by atoms with Gasteiger partial charge in [0, 0.05) is 7.05 Å². The predicted molar refractivity (Wildman–Crippen MR) is 61.3 cm³/mol. The molecular weight excluding hydrogens is 280 g/mol. The van der Waals surface area contributed by atoms with Crippen LogP contribution in [0.4, 0.5) is 8.78 Å². The van der Waals surface area contributed by atoms with E-state index in [2.05, 4.69) is 15.9 Å². The average Bonchev–Trinajstić information content (AvgIpc) is 2.29. The molecule has 0 aromatic heterocycles. The smallest absolute Gasteiger partial charge is 0.233 e. The van der Waals surface area contributed by atoms with Crippen molar-refractivity contribution in [3.63, 3.8) is 0 Å². The first-order valence-corrected chi connectivity index (χ1v) is 5.86. The molecule has 5 heteroatoms. The number of alkyl halides is 1. The van der Waals surface area contributed by atoms with Crippen molar-refractivity contribution < 1.29 is 13.6 Å². The van der Waals surface area contributed by atoms with Crippen molar-refractivity contribution in [1.82, 2.24) is 4.90 Å². The molecule has 1 aromatic carbocycles. The minimum atomic E-state index is -0.899. The molecule has 2 nitrogen and oxygen atoms in total. The molecule has 0 fully saturated rings. The van der Waals surface area contributed by atoms with Gasteiger partial charge in [-0.25, -0.2) is 8.78 Å². The van der Waals surface area contributed by atoms with Gasteiger partial charge in [0.25, 0.3) is 0 Å². The molecule has 0 N–H and O–H groups in total. The Bertz CT molecular complexity index is 398. The molecule has 0 spiro atoms. The summed E-state index contributed by atoms with van der Waals surface area (Å²) >= 11 is 3.06. The highest BCUT2D eigenvalue weighted by Crippen LogP contribution is 2.21. The summed E-state index contributed by atoms with van der Waals surface area (Å²) in [5, 5.41) is 0.206. The number of rotatable bonds is 3. The maximum Gasteiger partial charge on any atom is 0.233 e. The van der Waals surface area contributed by atoms with Gasteiger partial charge in [0.1, 0.15) is 0 Å². The number of benzene rings is 1. The number of carbonyl (C=O) groups excluding carboxylic acids is 1. The fraction of sp³-hybridized carbons (Fsp3) is 0.364. The molecule has 1 aromatic rings. The lowest BCUT2D eigenvalue weighted by Gasteiger charge is -2.24. The van der Waals surface area contributed by atoms with Gasteiger partial charge in [-0.05, 0) is 24.6 Å². The van der Waals surface area contributed by atoms with Gasteiger partial charge in [-0.15, -0.1) is 0 Å². The number of hydrogen-bond acceptors (Lipinski definition) is 1. The molecule has 0 heterocycles. The number of hydrogen-bond donors (Lipinski definition) is 0. The van der Waals surface area contributed by atoms with Crippen molar-refractivity contribution in [1.29, 1.82) is 0 Å². The van der Waals surface area contributed by atoms with E-state index >= 15 is 0 Å². The summed E-state index contributed by atoms with van der Waals surface area (Å²) in [6, 6.07) is 3.35. The Morgan fingerprint density at radius 2 is 2.06 bits per heavy atom. The number of nitrogens with zero attached hydrogens (tertiary/aromatic N) is 1. The zero-order valence-corrected chi connectivity index (χ0v) is 10.6. The summed E-state index contributed by atoms with van der Waals surface area (Å²) in [4.78, 5) is 12.9. The van der Waals surface area contributed by atoms with Gasteiger partial charge in [-0.2, -0.15) is 0 Å². The topological polar surface area (TPSA) is 20.3 Å². The second-order valence-electron chi connectivity index (χ2n) is 3.49. The standard InChI is InChI=1S/C11H12BrF2NO/c1-7(15(2)11(16)6-12)8-3-4-9(13)10(14)5-8/h3-5,7H,6H2,1-2H3. The first-order valence-electron chi connectivity index (χ1n) is 4.74. The monoisotopic (exact) mass is 291 g/mol. The van der Waals surface area contributed by atoms with Crippen molar-refractivity contribution in [3.05, 3.63) is 35.4 Å². The molecule has 16 heavy (non-hydrogen) atoms. The second-order valence-corrected chi connectivity index (χ2v) is 4.05. The quantitative estimate of drug-likeness (QED) is 0.784. The highest BCUT2D eigenvalue weighted by molar-refractivity contribution is 9.09. The molecule has 0 radical (unpaired) electrons. The van der Waals surface area contributed by atoms with Crippen LogP contribution in [-0.4, -0.2) is 23.2 Å². The Kier molecular flexibility index (Phi) is 4.41. The van der Waals surface area contributed by atoms with Crippen molar-refractivity contribution in [2.75, 3.05) is 12.4 Å². The van der Waals surface area contributed by atoms with Crippen LogP contribution in [0, 0.1) is 11.6 Å². The van der Waals surface area contributed by atoms with Crippen LogP contribution in [0.2, 0.25) is 0 Å². The molecule has 1 atom stereocenters. The van der Waals surface area contributed by atoms with E-state index in [1.54, 1.807) is 14.0 Å². The summed E-state index contributed by atoms with van der Waals surface area (Å²) in [5.74, 6) is -1.90. The lowest BCUT2D eigenvalue weighted by atomic mass is 10.1. The highest BCUT2D eigenvalue weighted by atomic mass is 79.9. The van der Waals surface area contributed by atoms with Gasteiger partial charge in [-0.3, -0.25) is 4.79 Å². The minimum absolute atomic E-state index is 0.114. The molecule has 1 amide bonds. The maximum atomic E-state index is 13.0. The molecular formula is C11H12BrF2NO. The zero-order chi connectivity index (χ0) is 12.3. The Labute approximate surface area is 101 Å². The van der Waals surface area contributed by atoms with E-state index in [1.165, 1.54) is 11.0 Å². The largest absolute Gasteiger partial charge is 0.338 e. The van der Waals surface area contributed by atoms with Crippen LogP contribution in [0.3, 0.4) is 0 Å². The van der Waals surface area contributed by atoms with E-state index in [-0.39, 0.29) is 17.3 Å². The third-order valence-corrected chi connectivity index (χ3v) is 2.99. The van der Waals surface area contributed by atoms with Crippen molar-refractivity contribution in [2.45, 2.75) is 13.0 Å². The van der Waals surface area contributed by atoms with E-state index in [0.29, 0.717) is 5.56 Å². The van der Waals surface area contributed by atoms with Crippen molar-refractivity contribution >= 4 is 21.8 Å². The Balaban J connectivity index is 2.91. The van der Waals surface area contributed by atoms with Crippen LogP contribution in [0.1, 0.15) is 18.5 Å². The van der Waals surface area contributed by atoms with E-state index in [4.69, 9.17) is 0 Å². The van der Waals surface area contributed by atoms with Crippen LogP contribution in [-0.2, 0) is 4.79 Å². The van der Waals surface area contributed by atoms with Crippen LogP contribution in [0.5, 0.6) is 0 Å². The van der Waals surface area contributed by atoms with Gasteiger partial charge in [0.2, 0.25) is 5.91 Å². The molecule has 1 rings (SSSR count). The van der Waals surface area contributed by atoms with Gasteiger partial charge < -0.3 is 4.90 Å². The van der Waals surface area contributed by atoms with E-state index in [9.17, 15) is 13.6 Å². The number of carbonyl (C=O) groups is 1. The van der Waals surface area contributed by atoms with Crippen LogP contribution in [0.25, 0.3) is 0 Å². The molecule has 0 aliphatic carbocycles. The van der Waals surface area contributed by atoms with Crippen LogP contribution < -0.4 is 0 Å². The fourth-order valence-electron chi connectivity index (χ4n) is 1.31. The highest BCUT2D eigenvalue weighted by Gasteiger charge is 2.17. The molecule has 88 valence electrons. The molecule has 0 saturated heterocycles. The Hall–Kier alpha value is -0.970. The lowest BCUT2D eigenvalue weighted by molar-refractivity contribution is -0.128. The van der Waals surface area contributed by atoms with Crippen LogP contribution in [0.15, 0.2) is 18.2 Å². The summed E-state index contributed by atoms with van der Waals surface area (Å²) < 4.78 is 25.7. The van der Waals surface area contributed by atoms with Crippen molar-refractivity contribution in [3.8, 4) is 0 Å². The molecule has 1 unspecified atom stereocenters. The molecule has 0 aliphatic rings. The zero-order valence-electron chi connectivity index (χ0n) is 9.01. The summed E-state index contributed by atoms with van der Waals surface area (Å²) in [7, 11) is 1.62. The average molecular weight is 292 g/mol. The number of amides is 1. The first-order chi connectivity index (χ1) is 7.47.